The predicted molar refractivity (Wildman–Crippen MR) is 86.2 cm³/mol. The van der Waals surface area contributed by atoms with E-state index in [-0.39, 0.29) is 0 Å². The third kappa shape index (κ3) is 2.90. The molecule has 0 bridgehead atoms. The number of fused-ring (bicyclic) bond motifs is 1. The Morgan fingerprint density at radius 2 is 2.09 bits per heavy atom. The average Bonchev–Trinajstić information content (AvgIpc) is 2.89. The molecule has 0 N–H and O–H groups in total. The van der Waals surface area contributed by atoms with Crippen LogP contribution in [0.25, 0.3) is 10.8 Å². The first-order valence-electron chi connectivity index (χ1n) is 7.10. The Bertz CT molecular complexity index is 813. The van der Waals surface area contributed by atoms with Crippen LogP contribution >= 0.6 is 11.6 Å². The van der Waals surface area contributed by atoms with Crippen LogP contribution in [0.1, 0.15) is 31.0 Å². The molecule has 0 aliphatic carbocycles. The lowest BCUT2D eigenvalue weighted by molar-refractivity contribution is 0.305. The summed E-state index contributed by atoms with van der Waals surface area (Å²) in [7, 11) is 1.83. The van der Waals surface area contributed by atoms with Crippen molar-refractivity contribution in [2.24, 2.45) is 7.05 Å². The fraction of sp³-hybridized carbons (Fsp3) is 0.312. The van der Waals surface area contributed by atoms with Gasteiger partial charge in [0.2, 0.25) is 0 Å². The van der Waals surface area contributed by atoms with E-state index in [9.17, 15) is 0 Å². The zero-order valence-corrected chi connectivity index (χ0v) is 13.5. The summed E-state index contributed by atoms with van der Waals surface area (Å²) >= 11 is 6.05. The van der Waals surface area contributed by atoms with Crippen molar-refractivity contribution in [2.75, 3.05) is 0 Å². The van der Waals surface area contributed by atoms with Crippen molar-refractivity contribution in [1.29, 1.82) is 0 Å². The summed E-state index contributed by atoms with van der Waals surface area (Å²) in [6.45, 7) is 4.68. The maximum Gasteiger partial charge on any atom is 0.134 e. The van der Waals surface area contributed by atoms with Gasteiger partial charge in [-0.05, 0) is 29.0 Å². The number of ether oxygens (including phenoxy) is 1. The van der Waals surface area contributed by atoms with Gasteiger partial charge in [0.05, 0.1) is 6.20 Å². The molecule has 2 aromatic heterocycles. The van der Waals surface area contributed by atoms with Gasteiger partial charge in [-0.3, -0.25) is 4.68 Å². The van der Waals surface area contributed by atoms with Gasteiger partial charge in [0.1, 0.15) is 23.2 Å². The van der Waals surface area contributed by atoms with Gasteiger partial charge in [0.15, 0.2) is 0 Å². The number of aryl methyl sites for hydroxylation is 1. The average molecular weight is 317 g/mol. The van der Waals surface area contributed by atoms with Crippen LogP contribution in [-0.4, -0.2) is 20.0 Å². The van der Waals surface area contributed by atoms with Crippen LogP contribution < -0.4 is 4.74 Å². The molecule has 5 nitrogen and oxygen atoms in total. The minimum absolute atomic E-state index is 0.368. The largest absolute Gasteiger partial charge is 0.486 e. The minimum Gasteiger partial charge on any atom is -0.486 e. The summed E-state index contributed by atoms with van der Waals surface area (Å²) in [6, 6.07) is 5.94. The number of pyridine rings is 1. The number of halogens is 1. The zero-order chi connectivity index (χ0) is 15.7. The van der Waals surface area contributed by atoms with Crippen LogP contribution in [0.15, 0.2) is 30.6 Å². The SMILES string of the molecule is CC(C)c1ccc(OCc2cn(C)nn2)c2cnc(Cl)cc12. The molecule has 0 aliphatic heterocycles. The van der Waals surface area contributed by atoms with Gasteiger partial charge in [-0.15, -0.1) is 5.10 Å². The molecule has 0 fully saturated rings. The van der Waals surface area contributed by atoms with Crippen molar-refractivity contribution in [3.8, 4) is 5.75 Å². The van der Waals surface area contributed by atoms with Gasteiger partial charge in [0.25, 0.3) is 0 Å². The fourth-order valence-electron chi connectivity index (χ4n) is 2.45. The van der Waals surface area contributed by atoms with Crippen molar-refractivity contribution < 1.29 is 4.74 Å². The van der Waals surface area contributed by atoms with Crippen molar-refractivity contribution in [3.63, 3.8) is 0 Å². The van der Waals surface area contributed by atoms with Gasteiger partial charge >= 0.3 is 0 Å². The van der Waals surface area contributed by atoms with Gasteiger partial charge < -0.3 is 4.74 Å². The van der Waals surface area contributed by atoms with Crippen LogP contribution in [0.3, 0.4) is 0 Å². The number of hydrogen-bond acceptors (Lipinski definition) is 4. The van der Waals surface area contributed by atoms with E-state index >= 15 is 0 Å². The Hall–Kier alpha value is -2.14. The highest BCUT2D eigenvalue weighted by atomic mass is 35.5. The Kier molecular flexibility index (Phi) is 3.98. The molecular weight excluding hydrogens is 300 g/mol. The smallest absolute Gasteiger partial charge is 0.134 e. The van der Waals surface area contributed by atoms with E-state index in [1.807, 2.05) is 25.4 Å². The number of rotatable bonds is 4. The Morgan fingerprint density at radius 1 is 1.27 bits per heavy atom. The Balaban J connectivity index is 1.98. The van der Waals surface area contributed by atoms with E-state index in [0.717, 1.165) is 22.2 Å². The maximum absolute atomic E-state index is 6.05. The van der Waals surface area contributed by atoms with E-state index in [1.165, 1.54) is 5.56 Å². The van der Waals surface area contributed by atoms with Crippen molar-refractivity contribution in [2.45, 2.75) is 26.4 Å². The second kappa shape index (κ2) is 5.93. The summed E-state index contributed by atoms with van der Waals surface area (Å²) < 4.78 is 7.55. The van der Waals surface area contributed by atoms with E-state index in [2.05, 4.69) is 35.2 Å². The third-order valence-corrected chi connectivity index (χ3v) is 3.72. The first-order valence-corrected chi connectivity index (χ1v) is 7.48. The minimum atomic E-state index is 0.368. The lowest BCUT2D eigenvalue weighted by Gasteiger charge is -2.14. The van der Waals surface area contributed by atoms with Crippen molar-refractivity contribution in [3.05, 3.63) is 47.0 Å². The van der Waals surface area contributed by atoms with Crippen LogP contribution in [0.4, 0.5) is 0 Å². The van der Waals surface area contributed by atoms with Crippen molar-refractivity contribution in [1.82, 2.24) is 20.0 Å². The predicted octanol–water partition coefficient (Wildman–Crippen LogP) is 3.72. The Morgan fingerprint density at radius 3 is 2.77 bits per heavy atom. The second-order valence-electron chi connectivity index (χ2n) is 5.53. The molecule has 0 saturated heterocycles. The molecule has 3 aromatic rings. The highest BCUT2D eigenvalue weighted by molar-refractivity contribution is 6.30. The zero-order valence-electron chi connectivity index (χ0n) is 12.7. The van der Waals surface area contributed by atoms with Crippen LogP contribution in [-0.2, 0) is 13.7 Å². The first kappa shape index (κ1) is 14.8. The van der Waals surface area contributed by atoms with E-state index in [1.54, 1.807) is 10.9 Å². The van der Waals surface area contributed by atoms with E-state index in [0.29, 0.717) is 17.7 Å². The molecule has 0 unspecified atom stereocenters. The molecule has 0 spiro atoms. The lowest BCUT2D eigenvalue weighted by atomic mass is 9.97. The van der Waals surface area contributed by atoms with Crippen LogP contribution in [0.5, 0.6) is 5.75 Å². The molecule has 3 rings (SSSR count). The summed E-state index contributed by atoms with van der Waals surface area (Å²) in [5.41, 5.74) is 2.01. The van der Waals surface area contributed by atoms with Gasteiger partial charge in [0, 0.05) is 18.6 Å². The molecule has 0 aliphatic rings. The monoisotopic (exact) mass is 316 g/mol. The summed E-state index contributed by atoms with van der Waals surface area (Å²) in [5, 5.41) is 10.4. The quantitative estimate of drug-likeness (QED) is 0.688. The summed E-state index contributed by atoms with van der Waals surface area (Å²) in [4.78, 5) is 4.18. The topological polar surface area (TPSA) is 52.8 Å². The molecule has 1 aromatic carbocycles. The van der Waals surface area contributed by atoms with E-state index in [4.69, 9.17) is 16.3 Å². The first-order chi connectivity index (χ1) is 10.5. The molecule has 0 saturated carbocycles. The summed E-state index contributed by atoms with van der Waals surface area (Å²) in [5.74, 6) is 1.17. The molecule has 0 amide bonds. The number of nitrogens with zero attached hydrogens (tertiary/aromatic N) is 4. The number of hydrogen-bond donors (Lipinski definition) is 0. The van der Waals surface area contributed by atoms with Gasteiger partial charge in [-0.2, -0.15) is 0 Å². The molecule has 6 heteroatoms. The van der Waals surface area contributed by atoms with Gasteiger partial charge in [-0.1, -0.05) is 36.7 Å². The van der Waals surface area contributed by atoms with E-state index < -0.39 is 0 Å². The van der Waals surface area contributed by atoms with Crippen LogP contribution in [0.2, 0.25) is 5.15 Å². The molecule has 0 atom stereocenters. The molecular formula is C16H17ClN4O. The highest BCUT2D eigenvalue weighted by Crippen LogP contribution is 2.33. The lowest BCUT2D eigenvalue weighted by Crippen LogP contribution is -1.98. The molecule has 22 heavy (non-hydrogen) atoms. The second-order valence-corrected chi connectivity index (χ2v) is 5.92. The fourth-order valence-corrected chi connectivity index (χ4v) is 2.61. The van der Waals surface area contributed by atoms with Crippen molar-refractivity contribution >= 4 is 22.4 Å². The molecule has 2 heterocycles. The number of benzene rings is 1. The number of aromatic nitrogens is 4. The Labute approximate surface area is 133 Å². The third-order valence-electron chi connectivity index (χ3n) is 3.51. The highest BCUT2D eigenvalue weighted by Gasteiger charge is 2.11. The molecule has 114 valence electrons. The normalized spacial score (nSPS) is 11.3. The molecule has 0 radical (unpaired) electrons. The van der Waals surface area contributed by atoms with Gasteiger partial charge in [-0.25, -0.2) is 4.98 Å². The summed E-state index contributed by atoms with van der Waals surface area (Å²) in [6.07, 6.45) is 3.59. The maximum atomic E-state index is 6.05. The standard InChI is InChI=1S/C16H17ClN4O/c1-10(2)12-4-5-15(14-7-18-16(17)6-13(12)14)22-9-11-8-21(3)20-19-11/h4-8,10H,9H2,1-3H3. The van der Waals surface area contributed by atoms with Crippen LogP contribution in [0, 0.1) is 0 Å².